The van der Waals surface area contributed by atoms with Gasteiger partial charge >= 0.3 is 0 Å². The Balaban J connectivity index is 2.10. The zero-order chi connectivity index (χ0) is 29.3. The van der Waals surface area contributed by atoms with Crippen LogP contribution in [-0.2, 0) is 32.6 Å². The molecule has 0 heterocycles. The third-order valence-corrected chi connectivity index (χ3v) is 8.90. The fraction of sp³-hybridized carbons (Fsp3) is 0.333. The zero-order valence-corrected chi connectivity index (χ0v) is 25.3. The van der Waals surface area contributed by atoms with E-state index < -0.39 is 28.5 Å². The monoisotopic (exact) mass is 603 g/mol. The first kappa shape index (κ1) is 31.5. The van der Waals surface area contributed by atoms with Gasteiger partial charge in [0.1, 0.15) is 12.6 Å². The number of amides is 2. The van der Waals surface area contributed by atoms with Gasteiger partial charge in [-0.25, -0.2) is 8.42 Å². The van der Waals surface area contributed by atoms with Crippen molar-refractivity contribution in [2.24, 2.45) is 0 Å². The van der Waals surface area contributed by atoms with E-state index in [4.69, 9.17) is 23.2 Å². The number of carbonyl (C=O) groups excluding carboxylic acids is 2. The molecule has 3 aromatic rings. The minimum atomic E-state index is -4.13. The number of nitrogens with zero attached hydrogens (tertiary/aromatic N) is 2. The number of benzene rings is 3. The highest BCUT2D eigenvalue weighted by molar-refractivity contribution is 7.92. The summed E-state index contributed by atoms with van der Waals surface area (Å²) in [6, 6.07) is 19.2. The van der Waals surface area contributed by atoms with Crippen molar-refractivity contribution in [2.75, 3.05) is 17.4 Å². The molecule has 1 N–H and O–H groups in total. The summed E-state index contributed by atoms with van der Waals surface area (Å²) < 4.78 is 29.1. The van der Waals surface area contributed by atoms with Gasteiger partial charge in [-0.1, -0.05) is 86.4 Å². The van der Waals surface area contributed by atoms with Gasteiger partial charge in [-0.2, -0.15) is 0 Å². The number of aryl methyl sites for hydroxylation is 1. The van der Waals surface area contributed by atoms with Crippen molar-refractivity contribution >= 4 is 50.7 Å². The SMILES string of the molecule is CCCNC(=O)[C@H](CC)N(Cc1ccc(Cl)cc1Cl)C(=O)CN(c1ccccc1CC)S(=O)(=O)c1ccccc1. The van der Waals surface area contributed by atoms with E-state index in [1.165, 1.54) is 17.0 Å². The number of para-hydroxylation sites is 1. The van der Waals surface area contributed by atoms with E-state index in [9.17, 15) is 18.0 Å². The van der Waals surface area contributed by atoms with Gasteiger partial charge in [0, 0.05) is 23.1 Å². The van der Waals surface area contributed by atoms with Crippen molar-refractivity contribution in [2.45, 2.75) is 57.5 Å². The summed E-state index contributed by atoms with van der Waals surface area (Å²) in [7, 11) is -4.13. The number of carbonyl (C=O) groups is 2. The summed E-state index contributed by atoms with van der Waals surface area (Å²) in [6.07, 6.45) is 1.62. The molecule has 7 nitrogen and oxygen atoms in total. The maximum absolute atomic E-state index is 14.1. The Bertz CT molecular complexity index is 1420. The first-order valence-corrected chi connectivity index (χ1v) is 15.5. The van der Waals surface area contributed by atoms with E-state index in [1.54, 1.807) is 48.5 Å². The Kier molecular flexibility index (Phi) is 11.4. The predicted octanol–water partition coefficient (Wildman–Crippen LogP) is 6.08. The molecule has 0 saturated carbocycles. The molecule has 0 aliphatic rings. The lowest BCUT2D eigenvalue weighted by Crippen LogP contribution is -2.52. The van der Waals surface area contributed by atoms with Crippen LogP contribution in [-0.4, -0.2) is 44.3 Å². The normalized spacial score (nSPS) is 12.0. The van der Waals surface area contributed by atoms with Gasteiger partial charge in [0.25, 0.3) is 10.0 Å². The standard InChI is InChI=1S/C30H35Cl2N3O4S/c1-4-18-33-30(37)27(6-3)34(20-23-16-17-24(31)19-26(23)32)29(36)21-35(28-15-11-10-12-22(28)5-2)40(38,39)25-13-8-7-9-14-25/h7-17,19,27H,4-6,18,20-21H2,1-3H3,(H,33,37)/t27-/m0/s1. The maximum atomic E-state index is 14.1. The van der Waals surface area contributed by atoms with Crippen molar-refractivity contribution in [3.63, 3.8) is 0 Å². The summed E-state index contributed by atoms with van der Waals surface area (Å²) in [5, 5.41) is 3.66. The summed E-state index contributed by atoms with van der Waals surface area (Å²) in [5.74, 6) is -0.843. The number of rotatable bonds is 13. The van der Waals surface area contributed by atoms with Gasteiger partial charge in [0.05, 0.1) is 10.6 Å². The van der Waals surface area contributed by atoms with Gasteiger partial charge in [-0.3, -0.25) is 13.9 Å². The topological polar surface area (TPSA) is 86.8 Å². The van der Waals surface area contributed by atoms with Crippen LogP contribution in [0.1, 0.15) is 44.7 Å². The largest absolute Gasteiger partial charge is 0.354 e. The van der Waals surface area contributed by atoms with Crippen LogP contribution in [0.4, 0.5) is 5.69 Å². The van der Waals surface area contributed by atoms with Crippen molar-refractivity contribution in [1.82, 2.24) is 10.2 Å². The Hall–Kier alpha value is -3.07. The molecule has 2 amide bonds. The molecule has 10 heteroatoms. The van der Waals surface area contributed by atoms with E-state index in [1.807, 2.05) is 32.9 Å². The van der Waals surface area contributed by atoms with E-state index in [0.29, 0.717) is 40.7 Å². The Morgan fingerprint density at radius 3 is 2.20 bits per heavy atom. The molecule has 1 atom stereocenters. The first-order valence-electron chi connectivity index (χ1n) is 13.3. The minimum absolute atomic E-state index is 0.00152. The number of halogens is 2. The van der Waals surface area contributed by atoms with Crippen molar-refractivity contribution in [3.8, 4) is 0 Å². The molecule has 3 aromatic carbocycles. The molecule has 0 unspecified atom stereocenters. The molecule has 3 rings (SSSR count). The number of hydrogen-bond donors (Lipinski definition) is 1. The number of hydrogen-bond acceptors (Lipinski definition) is 4. The van der Waals surface area contributed by atoms with Crippen LogP contribution in [0.15, 0.2) is 77.7 Å². The summed E-state index contributed by atoms with van der Waals surface area (Å²) in [5.41, 5.74) is 1.78. The highest BCUT2D eigenvalue weighted by Gasteiger charge is 2.34. The second-order valence-electron chi connectivity index (χ2n) is 9.28. The van der Waals surface area contributed by atoms with Crippen molar-refractivity contribution in [1.29, 1.82) is 0 Å². The van der Waals surface area contributed by atoms with Crippen LogP contribution >= 0.6 is 23.2 Å². The third kappa shape index (κ3) is 7.56. The second-order valence-corrected chi connectivity index (χ2v) is 12.0. The summed E-state index contributed by atoms with van der Waals surface area (Å²) >= 11 is 12.5. The summed E-state index contributed by atoms with van der Waals surface area (Å²) in [6.45, 7) is 5.63. The van der Waals surface area contributed by atoms with Gasteiger partial charge in [0.2, 0.25) is 11.8 Å². The van der Waals surface area contributed by atoms with Crippen LogP contribution in [0.25, 0.3) is 0 Å². The van der Waals surface area contributed by atoms with E-state index in [0.717, 1.165) is 16.3 Å². The van der Waals surface area contributed by atoms with E-state index >= 15 is 0 Å². The fourth-order valence-corrected chi connectivity index (χ4v) is 6.35. The molecular weight excluding hydrogens is 569 g/mol. The Labute approximate surface area is 247 Å². The molecule has 214 valence electrons. The maximum Gasteiger partial charge on any atom is 0.264 e. The van der Waals surface area contributed by atoms with Gasteiger partial charge in [0.15, 0.2) is 0 Å². The Morgan fingerprint density at radius 2 is 1.57 bits per heavy atom. The lowest BCUT2D eigenvalue weighted by Gasteiger charge is -2.34. The van der Waals surface area contributed by atoms with Gasteiger partial charge < -0.3 is 10.2 Å². The van der Waals surface area contributed by atoms with Crippen LogP contribution in [0.2, 0.25) is 10.0 Å². The lowest BCUT2D eigenvalue weighted by molar-refractivity contribution is -0.140. The lowest BCUT2D eigenvalue weighted by atomic mass is 10.1. The van der Waals surface area contributed by atoms with Crippen molar-refractivity contribution < 1.29 is 18.0 Å². The fourth-order valence-electron chi connectivity index (χ4n) is 4.41. The molecule has 40 heavy (non-hydrogen) atoms. The van der Waals surface area contributed by atoms with E-state index in [2.05, 4.69) is 5.32 Å². The molecule has 0 bridgehead atoms. The van der Waals surface area contributed by atoms with Gasteiger partial charge in [-0.15, -0.1) is 0 Å². The molecule has 0 spiro atoms. The highest BCUT2D eigenvalue weighted by Crippen LogP contribution is 2.29. The smallest absolute Gasteiger partial charge is 0.264 e. The number of sulfonamides is 1. The number of nitrogens with one attached hydrogen (secondary N) is 1. The first-order chi connectivity index (χ1) is 19.1. The quantitative estimate of drug-likeness (QED) is 0.256. The minimum Gasteiger partial charge on any atom is -0.354 e. The molecule has 0 aliphatic carbocycles. The number of anilines is 1. The van der Waals surface area contributed by atoms with E-state index in [-0.39, 0.29) is 17.3 Å². The second kappa shape index (κ2) is 14.5. The zero-order valence-electron chi connectivity index (χ0n) is 22.9. The molecular formula is C30H35Cl2N3O4S. The molecule has 0 radical (unpaired) electrons. The van der Waals surface area contributed by atoms with Crippen LogP contribution in [0.3, 0.4) is 0 Å². The summed E-state index contributed by atoms with van der Waals surface area (Å²) in [4.78, 5) is 28.8. The van der Waals surface area contributed by atoms with Crippen LogP contribution in [0.5, 0.6) is 0 Å². The Morgan fingerprint density at radius 1 is 0.900 bits per heavy atom. The molecule has 0 saturated heterocycles. The average Bonchev–Trinajstić information content (AvgIpc) is 2.96. The average molecular weight is 605 g/mol. The highest BCUT2D eigenvalue weighted by atomic mass is 35.5. The van der Waals surface area contributed by atoms with Crippen molar-refractivity contribution in [3.05, 3.63) is 94.0 Å². The molecule has 0 aliphatic heterocycles. The molecule has 0 aromatic heterocycles. The third-order valence-electron chi connectivity index (χ3n) is 6.54. The predicted molar refractivity (Wildman–Crippen MR) is 161 cm³/mol. The van der Waals surface area contributed by atoms with Gasteiger partial charge in [-0.05, 0) is 60.7 Å². The van der Waals surface area contributed by atoms with Crippen LogP contribution in [0, 0.1) is 0 Å². The van der Waals surface area contributed by atoms with Crippen LogP contribution < -0.4 is 9.62 Å². The molecule has 0 fully saturated rings.